The first-order valence-corrected chi connectivity index (χ1v) is 15.1. The van der Waals surface area contributed by atoms with Crippen LogP contribution in [0.2, 0.25) is 0 Å². The van der Waals surface area contributed by atoms with E-state index in [4.69, 9.17) is 19.6 Å². The molecule has 0 saturated heterocycles. The summed E-state index contributed by atoms with van der Waals surface area (Å²) >= 11 is 0. The zero-order valence-electron chi connectivity index (χ0n) is 25.8. The van der Waals surface area contributed by atoms with Crippen molar-refractivity contribution in [1.82, 2.24) is 9.66 Å². The number of fused-ring (bicyclic) bond motifs is 2. The van der Waals surface area contributed by atoms with E-state index in [9.17, 15) is 9.18 Å². The number of para-hydroxylation sites is 1. The summed E-state index contributed by atoms with van der Waals surface area (Å²) < 4.78 is 27.9. The number of halogens is 1. The topological polar surface area (TPSA) is 65.7 Å². The quantitative estimate of drug-likeness (QED) is 0.156. The van der Waals surface area contributed by atoms with E-state index in [1.165, 1.54) is 10.7 Å². The van der Waals surface area contributed by atoms with Crippen LogP contribution >= 0.6 is 0 Å². The molecule has 0 aliphatic carbocycles. The van der Waals surface area contributed by atoms with Gasteiger partial charge in [-0.1, -0.05) is 74.5 Å². The molecule has 5 aromatic carbocycles. The summed E-state index contributed by atoms with van der Waals surface area (Å²) in [5, 5.41) is 7.11. The van der Waals surface area contributed by atoms with Gasteiger partial charge in [-0.15, -0.1) is 0 Å². The average molecular weight is 600 g/mol. The molecule has 1 aromatic heterocycles. The summed E-state index contributed by atoms with van der Waals surface area (Å²) in [6.07, 6.45) is 1.63. The highest BCUT2D eigenvalue weighted by Crippen LogP contribution is 2.34. The molecule has 6 nitrogen and oxygen atoms in total. The highest BCUT2D eigenvalue weighted by Gasteiger charge is 2.19. The van der Waals surface area contributed by atoms with E-state index in [-0.39, 0.29) is 23.9 Å². The van der Waals surface area contributed by atoms with Gasteiger partial charge in [0.15, 0.2) is 5.82 Å². The Morgan fingerprint density at radius 3 is 2.40 bits per heavy atom. The number of rotatable bonds is 9. The maximum Gasteiger partial charge on any atom is 0.282 e. The third kappa shape index (κ3) is 5.94. The molecule has 1 heterocycles. The molecule has 0 N–H and O–H groups in total. The summed E-state index contributed by atoms with van der Waals surface area (Å²) in [6, 6.07) is 29.5. The van der Waals surface area contributed by atoms with E-state index in [0.717, 1.165) is 33.2 Å². The van der Waals surface area contributed by atoms with Crippen LogP contribution < -0.4 is 15.0 Å². The molecule has 0 spiro atoms. The molecule has 7 heteroatoms. The van der Waals surface area contributed by atoms with Crippen LogP contribution in [0.15, 0.2) is 107 Å². The highest BCUT2D eigenvalue weighted by molar-refractivity contribution is 6.02. The molecule has 0 unspecified atom stereocenters. The van der Waals surface area contributed by atoms with Gasteiger partial charge in [-0.2, -0.15) is 9.78 Å². The fourth-order valence-corrected chi connectivity index (χ4v) is 5.50. The smallest absolute Gasteiger partial charge is 0.282 e. The zero-order valence-corrected chi connectivity index (χ0v) is 25.8. The molecule has 0 fully saturated rings. The van der Waals surface area contributed by atoms with Gasteiger partial charge < -0.3 is 9.47 Å². The van der Waals surface area contributed by atoms with Gasteiger partial charge in [-0.05, 0) is 78.1 Å². The van der Waals surface area contributed by atoms with Crippen molar-refractivity contribution in [2.45, 2.75) is 40.2 Å². The number of aromatic nitrogens is 2. The van der Waals surface area contributed by atoms with Crippen LogP contribution in [-0.4, -0.2) is 22.5 Å². The Morgan fingerprint density at radius 1 is 0.889 bits per heavy atom. The first kappa shape index (κ1) is 29.8. The summed E-state index contributed by atoms with van der Waals surface area (Å²) in [7, 11) is 0. The SMILES string of the molecule is CCOc1cc(C)c(-c2nc3ccccc3c(=O)n2N=Cc2c(OCc3ccccc3F)ccc3ccccc23)cc1C(C)C. The first-order chi connectivity index (χ1) is 21.9. The Kier molecular flexibility index (Phi) is 8.43. The van der Waals surface area contributed by atoms with E-state index in [0.29, 0.717) is 40.2 Å². The van der Waals surface area contributed by atoms with Crippen molar-refractivity contribution in [1.29, 1.82) is 0 Å². The van der Waals surface area contributed by atoms with Gasteiger partial charge in [-0.3, -0.25) is 4.79 Å². The normalized spacial score (nSPS) is 11.6. The van der Waals surface area contributed by atoms with Crippen LogP contribution in [0, 0.1) is 12.7 Å². The molecule has 0 bridgehead atoms. The maximum absolute atomic E-state index is 14.4. The van der Waals surface area contributed by atoms with E-state index in [1.54, 1.807) is 30.5 Å². The van der Waals surface area contributed by atoms with Crippen molar-refractivity contribution in [2.75, 3.05) is 6.61 Å². The third-order valence-corrected chi connectivity index (χ3v) is 7.85. The Morgan fingerprint density at radius 2 is 1.62 bits per heavy atom. The van der Waals surface area contributed by atoms with Crippen molar-refractivity contribution in [3.05, 3.63) is 135 Å². The largest absolute Gasteiger partial charge is 0.494 e. The number of nitrogens with zero attached hydrogens (tertiary/aromatic N) is 3. The van der Waals surface area contributed by atoms with Crippen molar-refractivity contribution in [3.8, 4) is 22.9 Å². The third-order valence-electron chi connectivity index (χ3n) is 7.85. The predicted molar refractivity (Wildman–Crippen MR) is 179 cm³/mol. The lowest BCUT2D eigenvalue weighted by atomic mass is 9.96. The number of benzene rings is 5. The van der Waals surface area contributed by atoms with Crippen LogP contribution in [0.4, 0.5) is 4.39 Å². The number of hydrogen-bond donors (Lipinski definition) is 0. The van der Waals surface area contributed by atoms with Crippen LogP contribution in [-0.2, 0) is 6.61 Å². The average Bonchev–Trinajstić information content (AvgIpc) is 3.04. The second-order valence-corrected chi connectivity index (χ2v) is 11.2. The standard InChI is InChI=1S/C38H34FN3O3/c1-5-44-36-20-25(4)31(21-30(36)24(2)3)37-41-34-17-11-9-15-29(34)38(43)42(37)40-22-32-28-14-8-6-12-26(28)18-19-35(32)45-23-27-13-7-10-16-33(27)39/h6-22,24H,5,23H2,1-4H3. The van der Waals surface area contributed by atoms with Gasteiger partial charge in [0.25, 0.3) is 5.56 Å². The lowest BCUT2D eigenvalue weighted by molar-refractivity contribution is 0.300. The molecule has 6 aromatic rings. The molecular formula is C38H34FN3O3. The molecule has 0 saturated carbocycles. The summed E-state index contributed by atoms with van der Waals surface area (Å²) in [5.41, 5.74) is 4.12. The maximum atomic E-state index is 14.4. The van der Waals surface area contributed by atoms with Crippen LogP contribution in [0.3, 0.4) is 0 Å². The molecule has 226 valence electrons. The summed E-state index contributed by atoms with van der Waals surface area (Å²) in [5.74, 6) is 1.60. The first-order valence-electron chi connectivity index (χ1n) is 15.1. The Hall–Kier alpha value is -5.30. The van der Waals surface area contributed by atoms with E-state index in [2.05, 4.69) is 19.9 Å². The van der Waals surface area contributed by atoms with E-state index in [1.807, 2.05) is 74.5 Å². The zero-order chi connectivity index (χ0) is 31.5. The monoisotopic (exact) mass is 599 g/mol. The van der Waals surface area contributed by atoms with E-state index < -0.39 is 0 Å². The molecule has 0 aliphatic rings. The minimum absolute atomic E-state index is 0.0396. The molecule has 45 heavy (non-hydrogen) atoms. The molecule has 0 radical (unpaired) electrons. The lowest BCUT2D eigenvalue weighted by Gasteiger charge is -2.18. The Bertz CT molecular complexity index is 2120. The van der Waals surface area contributed by atoms with Gasteiger partial charge in [0.1, 0.15) is 23.9 Å². The minimum atomic E-state index is -0.335. The minimum Gasteiger partial charge on any atom is -0.494 e. The second-order valence-electron chi connectivity index (χ2n) is 11.2. The number of aryl methyl sites for hydroxylation is 1. The van der Waals surface area contributed by atoms with E-state index >= 15 is 0 Å². The summed E-state index contributed by atoms with van der Waals surface area (Å²) in [6.45, 7) is 8.76. The molecular weight excluding hydrogens is 565 g/mol. The Balaban J connectivity index is 1.54. The molecule has 6 rings (SSSR count). The van der Waals surface area contributed by atoms with Gasteiger partial charge >= 0.3 is 0 Å². The predicted octanol–water partition coefficient (Wildman–Crippen LogP) is 8.65. The number of hydrogen-bond acceptors (Lipinski definition) is 5. The van der Waals surface area contributed by atoms with Gasteiger partial charge in [0, 0.05) is 16.7 Å². The fraction of sp³-hybridized carbons (Fsp3) is 0.184. The van der Waals surface area contributed by atoms with Crippen LogP contribution in [0.25, 0.3) is 33.1 Å². The molecule has 0 atom stereocenters. The Labute approximate surface area is 261 Å². The number of ether oxygens (including phenoxy) is 2. The second kappa shape index (κ2) is 12.7. The van der Waals surface area contributed by atoms with Gasteiger partial charge in [0.2, 0.25) is 0 Å². The van der Waals surface area contributed by atoms with Crippen molar-refractivity contribution in [3.63, 3.8) is 0 Å². The van der Waals surface area contributed by atoms with Gasteiger partial charge in [-0.25, -0.2) is 9.37 Å². The lowest BCUT2D eigenvalue weighted by Crippen LogP contribution is -2.21. The van der Waals surface area contributed by atoms with Crippen molar-refractivity contribution in [2.24, 2.45) is 5.10 Å². The van der Waals surface area contributed by atoms with Crippen molar-refractivity contribution < 1.29 is 13.9 Å². The molecule has 0 amide bonds. The van der Waals surface area contributed by atoms with Crippen LogP contribution in [0.5, 0.6) is 11.5 Å². The highest BCUT2D eigenvalue weighted by atomic mass is 19.1. The fourth-order valence-electron chi connectivity index (χ4n) is 5.50. The van der Waals surface area contributed by atoms with Crippen molar-refractivity contribution >= 4 is 27.9 Å². The van der Waals surface area contributed by atoms with Gasteiger partial charge in [0.05, 0.1) is 23.7 Å². The summed E-state index contributed by atoms with van der Waals surface area (Å²) in [4.78, 5) is 19.0. The van der Waals surface area contributed by atoms with Crippen LogP contribution in [0.1, 0.15) is 48.9 Å². The molecule has 0 aliphatic heterocycles.